The summed E-state index contributed by atoms with van der Waals surface area (Å²) in [4.78, 5) is 35.6. The third-order valence-corrected chi connectivity index (χ3v) is 4.67. The minimum Gasteiger partial charge on any atom is -0.480 e. The number of carboxylic acids is 1. The van der Waals surface area contributed by atoms with E-state index in [4.69, 9.17) is 5.11 Å². The summed E-state index contributed by atoms with van der Waals surface area (Å²) in [5.74, 6) is -2.53. The average molecular weight is 349 g/mol. The van der Waals surface area contributed by atoms with E-state index in [2.05, 4.69) is 10.0 Å². The molecule has 0 radical (unpaired) electrons. The number of amides is 2. The minimum atomic E-state index is -3.78. The molecule has 1 atom stereocenters. The molecule has 9 nitrogen and oxygen atoms in total. The Morgan fingerprint density at radius 1 is 1.30 bits per heavy atom. The fourth-order valence-electron chi connectivity index (χ4n) is 2.31. The lowest BCUT2D eigenvalue weighted by Crippen LogP contribution is -2.43. The molecule has 132 valence electrons. The van der Waals surface area contributed by atoms with Gasteiger partial charge >= 0.3 is 5.97 Å². The number of carboxylic acid groups (broad SMARTS) is 1. The summed E-state index contributed by atoms with van der Waals surface area (Å²) >= 11 is 0. The van der Waals surface area contributed by atoms with Gasteiger partial charge in [0, 0.05) is 19.0 Å². The van der Waals surface area contributed by atoms with Crippen LogP contribution in [0.2, 0.25) is 0 Å². The molecule has 1 aliphatic rings. The van der Waals surface area contributed by atoms with Crippen molar-refractivity contribution >= 4 is 27.8 Å². The van der Waals surface area contributed by atoms with Crippen LogP contribution in [0.5, 0.6) is 0 Å². The zero-order chi connectivity index (χ0) is 17.6. The maximum atomic E-state index is 12.0. The van der Waals surface area contributed by atoms with Crippen molar-refractivity contribution in [2.75, 3.05) is 18.8 Å². The summed E-state index contributed by atoms with van der Waals surface area (Å²) < 4.78 is 25.7. The standard InChI is InChI=1S/C13H23N3O6S/c1-9(2)15-11(17)8-14-23(21,22)7-5-12(18)16-6-3-4-10(16)13(19)20/h9-10,14H,3-8H2,1-2H3,(H,15,17)(H,19,20). The quantitative estimate of drug-likeness (QED) is 0.509. The van der Waals surface area contributed by atoms with E-state index in [-0.39, 0.29) is 12.5 Å². The number of nitrogens with one attached hydrogen (secondary N) is 2. The van der Waals surface area contributed by atoms with Gasteiger partial charge in [0.15, 0.2) is 0 Å². The molecular formula is C13H23N3O6S. The zero-order valence-corrected chi connectivity index (χ0v) is 14.1. The van der Waals surface area contributed by atoms with Crippen molar-refractivity contribution in [2.24, 2.45) is 0 Å². The van der Waals surface area contributed by atoms with Crippen molar-refractivity contribution in [1.82, 2.24) is 14.9 Å². The molecule has 0 aromatic carbocycles. The van der Waals surface area contributed by atoms with Gasteiger partial charge in [0.25, 0.3) is 0 Å². The molecular weight excluding hydrogens is 326 g/mol. The molecule has 10 heteroatoms. The van der Waals surface area contributed by atoms with Gasteiger partial charge < -0.3 is 15.3 Å². The second-order valence-electron chi connectivity index (χ2n) is 5.70. The van der Waals surface area contributed by atoms with Gasteiger partial charge in [-0.25, -0.2) is 17.9 Å². The van der Waals surface area contributed by atoms with Crippen molar-refractivity contribution in [3.8, 4) is 0 Å². The molecule has 1 unspecified atom stereocenters. The lowest BCUT2D eigenvalue weighted by atomic mass is 10.2. The first-order valence-corrected chi connectivity index (χ1v) is 9.06. The molecule has 1 heterocycles. The van der Waals surface area contributed by atoms with Crippen LogP contribution in [0.3, 0.4) is 0 Å². The molecule has 3 N–H and O–H groups in total. The lowest BCUT2D eigenvalue weighted by molar-refractivity contribution is -0.148. The van der Waals surface area contributed by atoms with Crippen LogP contribution in [0.15, 0.2) is 0 Å². The van der Waals surface area contributed by atoms with E-state index >= 15 is 0 Å². The van der Waals surface area contributed by atoms with E-state index in [9.17, 15) is 22.8 Å². The van der Waals surface area contributed by atoms with Crippen molar-refractivity contribution in [3.63, 3.8) is 0 Å². The maximum Gasteiger partial charge on any atom is 0.326 e. The Kier molecular flexibility index (Phi) is 6.95. The van der Waals surface area contributed by atoms with E-state index in [1.54, 1.807) is 13.8 Å². The predicted octanol–water partition coefficient (Wildman–Crippen LogP) is -1.10. The zero-order valence-electron chi connectivity index (χ0n) is 13.2. The number of nitrogens with zero attached hydrogens (tertiary/aromatic N) is 1. The Hall–Kier alpha value is -1.68. The number of hydrogen-bond donors (Lipinski definition) is 3. The van der Waals surface area contributed by atoms with E-state index in [0.717, 1.165) is 0 Å². The molecule has 0 saturated carbocycles. The fourth-order valence-corrected chi connectivity index (χ4v) is 3.25. The van der Waals surface area contributed by atoms with Crippen LogP contribution in [0.4, 0.5) is 0 Å². The molecule has 1 rings (SSSR count). The van der Waals surface area contributed by atoms with Gasteiger partial charge in [-0.2, -0.15) is 0 Å². The monoisotopic (exact) mass is 349 g/mol. The van der Waals surface area contributed by atoms with Crippen LogP contribution in [0, 0.1) is 0 Å². The lowest BCUT2D eigenvalue weighted by Gasteiger charge is -2.21. The number of aliphatic carboxylic acids is 1. The van der Waals surface area contributed by atoms with Gasteiger partial charge in [-0.1, -0.05) is 0 Å². The summed E-state index contributed by atoms with van der Waals surface area (Å²) in [5.41, 5.74) is 0. The first-order valence-electron chi connectivity index (χ1n) is 7.41. The van der Waals surface area contributed by atoms with E-state index < -0.39 is 46.1 Å². The first kappa shape index (κ1) is 19.4. The Morgan fingerprint density at radius 3 is 2.52 bits per heavy atom. The molecule has 0 aromatic heterocycles. The van der Waals surface area contributed by atoms with Gasteiger partial charge in [0.1, 0.15) is 6.04 Å². The molecule has 1 aliphatic heterocycles. The van der Waals surface area contributed by atoms with Gasteiger partial charge in [0.05, 0.1) is 12.3 Å². The van der Waals surface area contributed by atoms with Gasteiger partial charge in [-0.05, 0) is 26.7 Å². The summed E-state index contributed by atoms with van der Waals surface area (Å²) in [7, 11) is -3.78. The van der Waals surface area contributed by atoms with Crippen LogP contribution < -0.4 is 10.0 Å². The van der Waals surface area contributed by atoms with Crippen LogP contribution >= 0.6 is 0 Å². The predicted molar refractivity (Wildman–Crippen MR) is 82.1 cm³/mol. The van der Waals surface area contributed by atoms with Crippen LogP contribution in [-0.4, -0.2) is 67.1 Å². The highest BCUT2D eigenvalue weighted by Crippen LogP contribution is 2.18. The third kappa shape index (κ3) is 6.53. The smallest absolute Gasteiger partial charge is 0.326 e. The van der Waals surface area contributed by atoms with Crippen LogP contribution in [-0.2, 0) is 24.4 Å². The highest BCUT2D eigenvalue weighted by atomic mass is 32.2. The molecule has 1 saturated heterocycles. The van der Waals surface area contributed by atoms with E-state index in [0.29, 0.717) is 19.4 Å². The van der Waals surface area contributed by atoms with Gasteiger partial charge in [0.2, 0.25) is 21.8 Å². The second kappa shape index (κ2) is 8.25. The maximum absolute atomic E-state index is 12.0. The van der Waals surface area contributed by atoms with Crippen LogP contribution in [0.1, 0.15) is 33.1 Å². The Morgan fingerprint density at radius 2 is 1.96 bits per heavy atom. The van der Waals surface area contributed by atoms with Crippen molar-refractivity contribution in [3.05, 3.63) is 0 Å². The Balaban J connectivity index is 2.45. The first-order chi connectivity index (χ1) is 10.6. The summed E-state index contributed by atoms with van der Waals surface area (Å²) in [6.45, 7) is 3.43. The van der Waals surface area contributed by atoms with Crippen molar-refractivity contribution in [2.45, 2.75) is 45.2 Å². The normalized spacial score (nSPS) is 18.2. The topological polar surface area (TPSA) is 133 Å². The van der Waals surface area contributed by atoms with E-state index in [1.165, 1.54) is 4.90 Å². The highest BCUT2D eigenvalue weighted by Gasteiger charge is 2.34. The Bertz CT molecular complexity index is 560. The second-order valence-corrected chi connectivity index (χ2v) is 7.62. The molecule has 1 fully saturated rings. The molecule has 0 aromatic rings. The molecule has 0 aliphatic carbocycles. The minimum absolute atomic E-state index is 0.100. The van der Waals surface area contributed by atoms with Gasteiger partial charge in [-0.3, -0.25) is 9.59 Å². The number of carbonyl (C=O) groups excluding carboxylic acids is 2. The summed E-state index contributed by atoms with van der Waals surface area (Å²) in [6.07, 6.45) is 0.648. The van der Waals surface area contributed by atoms with E-state index in [1.807, 2.05) is 0 Å². The van der Waals surface area contributed by atoms with Gasteiger partial charge in [-0.15, -0.1) is 0 Å². The molecule has 0 bridgehead atoms. The summed E-state index contributed by atoms with van der Waals surface area (Å²) in [5, 5.41) is 11.5. The number of likely N-dealkylation sites (tertiary alicyclic amines) is 1. The molecule has 0 spiro atoms. The third-order valence-electron chi connectivity index (χ3n) is 3.35. The average Bonchev–Trinajstić information content (AvgIpc) is 2.92. The number of hydrogen-bond acceptors (Lipinski definition) is 5. The van der Waals surface area contributed by atoms with Crippen molar-refractivity contribution < 1.29 is 27.9 Å². The van der Waals surface area contributed by atoms with Crippen LogP contribution in [0.25, 0.3) is 0 Å². The number of rotatable bonds is 8. The van der Waals surface area contributed by atoms with Crippen molar-refractivity contribution in [1.29, 1.82) is 0 Å². The molecule has 23 heavy (non-hydrogen) atoms. The highest BCUT2D eigenvalue weighted by molar-refractivity contribution is 7.89. The molecule has 2 amide bonds. The summed E-state index contributed by atoms with van der Waals surface area (Å²) in [6, 6.07) is -0.980. The SMILES string of the molecule is CC(C)NC(=O)CNS(=O)(=O)CCC(=O)N1CCCC1C(=O)O. The number of carbonyl (C=O) groups is 3. The largest absolute Gasteiger partial charge is 0.480 e. The number of sulfonamides is 1. The Labute approximate surface area is 135 Å². The fraction of sp³-hybridized carbons (Fsp3) is 0.769.